The van der Waals surface area contributed by atoms with Crippen LogP contribution in [0.15, 0.2) is 47.2 Å². The topological polar surface area (TPSA) is 56.5 Å². The van der Waals surface area contributed by atoms with Crippen LogP contribution in [-0.2, 0) is 6.42 Å². The van der Waals surface area contributed by atoms with E-state index in [1.807, 2.05) is 40.9 Å². The Labute approximate surface area is 92.3 Å². The van der Waals surface area contributed by atoms with Crippen molar-refractivity contribution >= 4 is 11.5 Å². The Balaban J connectivity index is 2.02. The van der Waals surface area contributed by atoms with Crippen molar-refractivity contribution in [3.63, 3.8) is 0 Å². The number of nitrogen functional groups attached to an aromatic ring is 1. The fraction of sp³-hybridized carbons (Fsp3) is 0.0833. The molecule has 3 rings (SSSR count). The number of furan rings is 1. The summed E-state index contributed by atoms with van der Waals surface area (Å²) in [6.07, 6.45) is 4.29. The van der Waals surface area contributed by atoms with Crippen molar-refractivity contribution in [2.45, 2.75) is 6.42 Å². The van der Waals surface area contributed by atoms with E-state index in [1.54, 1.807) is 6.26 Å². The van der Waals surface area contributed by atoms with Crippen LogP contribution in [0.4, 0.5) is 5.82 Å². The van der Waals surface area contributed by atoms with Crippen LogP contribution in [0.25, 0.3) is 5.65 Å². The Bertz CT molecular complexity index is 610. The Morgan fingerprint density at radius 3 is 2.94 bits per heavy atom. The summed E-state index contributed by atoms with van der Waals surface area (Å²) >= 11 is 0. The van der Waals surface area contributed by atoms with Gasteiger partial charge < -0.3 is 10.2 Å². The van der Waals surface area contributed by atoms with Gasteiger partial charge in [-0.15, -0.1) is 0 Å². The lowest BCUT2D eigenvalue weighted by Gasteiger charge is -1.95. The molecule has 0 aromatic carbocycles. The molecule has 3 aromatic heterocycles. The van der Waals surface area contributed by atoms with Crippen molar-refractivity contribution in [2.24, 2.45) is 0 Å². The molecule has 0 saturated heterocycles. The van der Waals surface area contributed by atoms with Crippen molar-refractivity contribution in [2.75, 3.05) is 5.73 Å². The first-order valence-corrected chi connectivity index (χ1v) is 5.08. The van der Waals surface area contributed by atoms with Gasteiger partial charge in [0.25, 0.3) is 0 Å². The van der Waals surface area contributed by atoms with Crippen LogP contribution < -0.4 is 5.73 Å². The Morgan fingerprint density at radius 2 is 2.19 bits per heavy atom. The second kappa shape index (κ2) is 3.41. The molecule has 0 aliphatic rings. The highest BCUT2D eigenvalue weighted by Crippen LogP contribution is 2.13. The molecule has 0 fully saturated rings. The van der Waals surface area contributed by atoms with Crippen LogP contribution in [0.1, 0.15) is 11.5 Å². The number of aromatic nitrogens is 2. The van der Waals surface area contributed by atoms with Crippen molar-refractivity contribution < 1.29 is 4.42 Å². The van der Waals surface area contributed by atoms with E-state index in [1.165, 1.54) is 0 Å². The Hall–Kier alpha value is -2.23. The van der Waals surface area contributed by atoms with Gasteiger partial charge in [-0.2, -0.15) is 0 Å². The number of hydrogen-bond acceptors (Lipinski definition) is 3. The molecule has 4 heteroatoms. The summed E-state index contributed by atoms with van der Waals surface area (Å²) in [6, 6.07) is 9.49. The molecule has 2 N–H and O–H groups in total. The van der Waals surface area contributed by atoms with E-state index in [0.29, 0.717) is 12.2 Å². The van der Waals surface area contributed by atoms with E-state index in [0.717, 1.165) is 17.1 Å². The molecule has 3 heterocycles. The van der Waals surface area contributed by atoms with Gasteiger partial charge in [0.15, 0.2) is 0 Å². The predicted octanol–water partition coefficient (Wildman–Crippen LogP) is 2.10. The van der Waals surface area contributed by atoms with E-state index in [2.05, 4.69) is 4.98 Å². The van der Waals surface area contributed by atoms with Gasteiger partial charge in [0.1, 0.15) is 17.2 Å². The fourth-order valence-electron chi connectivity index (χ4n) is 1.76. The zero-order valence-electron chi connectivity index (χ0n) is 8.63. The van der Waals surface area contributed by atoms with Crippen molar-refractivity contribution in [1.29, 1.82) is 0 Å². The Morgan fingerprint density at radius 1 is 1.25 bits per heavy atom. The van der Waals surface area contributed by atoms with Crippen LogP contribution >= 0.6 is 0 Å². The zero-order valence-corrected chi connectivity index (χ0v) is 8.63. The first kappa shape index (κ1) is 9.03. The SMILES string of the molecule is Nc1cccc2nc(Cc3ccco3)cn12. The molecule has 0 amide bonds. The maximum absolute atomic E-state index is 5.84. The van der Waals surface area contributed by atoms with Crippen LogP contribution in [0.5, 0.6) is 0 Å². The summed E-state index contributed by atoms with van der Waals surface area (Å²) in [5, 5.41) is 0. The monoisotopic (exact) mass is 213 g/mol. The first-order valence-electron chi connectivity index (χ1n) is 5.08. The molecule has 0 aliphatic heterocycles. The summed E-state index contributed by atoms with van der Waals surface area (Å²) in [5.41, 5.74) is 7.66. The average Bonchev–Trinajstić information content (AvgIpc) is 2.88. The molecule has 16 heavy (non-hydrogen) atoms. The van der Waals surface area contributed by atoms with Crippen LogP contribution in [0.2, 0.25) is 0 Å². The molecule has 0 aliphatic carbocycles. The third kappa shape index (κ3) is 1.44. The van der Waals surface area contributed by atoms with Crippen molar-refractivity contribution in [3.8, 4) is 0 Å². The van der Waals surface area contributed by atoms with Gasteiger partial charge >= 0.3 is 0 Å². The highest BCUT2D eigenvalue weighted by Gasteiger charge is 2.05. The second-order valence-corrected chi connectivity index (χ2v) is 3.67. The van der Waals surface area contributed by atoms with E-state index < -0.39 is 0 Å². The van der Waals surface area contributed by atoms with Crippen molar-refractivity contribution in [1.82, 2.24) is 9.38 Å². The summed E-state index contributed by atoms with van der Waals surface area (Å²) in [6.45, 7) is 0. The van der Waals surface area contributed by atoms with Gasteiger partial charge in [0, 0.05) is 12.6 Å². The molecule has 0 bridgehead atoms. The minimum Gasteiger partial charge on any atom is -0.469 e. The average molecular weight is 213 g/mol. The number of fused-ring (bicyclic) bond motifs is 1. The normalized spacial score (nSPS) is 11.0. The largest absolute Gasteiger partial charge is 0.469 e. The van der Waals surface area contributed by atoms with E-state index in [4.69, 9.17) is 10.2 Å². The maximum atomic E-state index is 5.84. The molecule has 80 valence electrons. The fourth-order valence-corrected chi connectivity index (χ4v) is 1.76. The van der Waals surface area contributed by atoms with Crippen molar-refractivity contribution in [3.05, 3.63) is 54.2 Å². The van der Waals surface area contributed by atoms with Gasteiger partial charge in [0.2, 0.25) is 0 Å². The van der Waals surface area contributed by atoms with Gasteiger partial charge in [-0.05, 0) is 24.3 Å². The number of rotatable bonds is 2. The van der Waals surface area contributed by atoms with Gasteiger partial charge in [-0.3, -0.25) is 4.40 Å². The number of anilines is 1. The molecule has 0 unspecified atom stereocenters. The molecule has 0 radical (unpaired) electrons. The Kier molecular flexibility index (Phi) is 1.93. The molecule has 0 spiro atoms. The van der Waals surface area contributed by atoms with Crippen LogP contribution in [-0.4, -0.2) is 9.38 Å². The van der Waals surface area contributed by atoms with E-state index >= 15 is 0 Å². The third-order valence-electron chi connectivity index (χ3n) is 2.51. The highest BCUT2D eigenvalue weighted by atomic mass is 16.3. The molecule has 4 nitrogen and oxygen atoms in total. The lowest BCUT2D eigenvalue weighted by Crippen LogP contribution is -1.93. The summed E-state index contributed by atoms with van der Waals surface area (Å²) < 4.78 is 7.16. The third-order valence-corrected chi connectivity index (χ3v) is 2.51. The smallest absolute Gasteiger partial charge is 0.138 e. The second-order valence-electron chi connectivity index (χ2n) is 3.67. The standard InChI is InChI=1S/C12H11N3O/c13-11-4-1-5-12-14-9(8-15(11)12)7-10-3-2-6-16-10/h1-6,8H,7,13H2. The number of nitrogens with zero attached hydrogens (tertiary/aromatic N) is 2. The predicted molar refractivity (Wildman–Crippen MR) is 61.1 cm³/mol. The van der Waals surface area contributed by atoms with Gasteiger partial charge in [-0.25, -0.2) is 4.98 Å². The number of imidazole rings is 1. The van der Waals surface area contributed by atoms with E-state index in [-0.39, 0.29) is 0 Å². The summed E-state index contributed by atoms with van der Waals surface area (Å²) in [5.74, 6) is 1.60. The minimum atomic E-state index is 0.689. The first-order chi connectivity index (χ1) is 7.83. The lowest BCUT2D eigenvalue weighted by atomic mass is 10.3. The minimum absolute atomic E-state index is 0.689. The highest BCUT2D eigenvalue weighted by molar-refractivity contribution is 5.48. The summed E-state index contributed by atoms with van der Waals surface area (Å²) in [7, 11) is 0. The van der Waals surface area contributed by atoms with E-state index in [9.17, 15) is 0 Å². The number of hydrogen-bond donors (Lipinski definition) is 1. The summed E-state index contributed by atoms with van der Waals surface area (Å²) in [4.78, 5) is 4.47. The van der Waals surface area contributed by atoms with Crippen LogP contribution in [0, 0.1) is 0 Å². The maximum Gasteiger partial charge on any atom is 0.138 e. The number of nitrogens with two attached hydrogens (primary N) is 1. The van der Waals surface area contributed by atoms with Gasteiger partial charge in [0.05, 0.1) is 12.0 Å². The zero-order chi connectivity index (χ0) is 11.0. The molecular formula is C12H11N3O. The molecule has 0 saturated carbocycles. The quantitative estimate of drug-likeness (QED) is 0.709. The lowest BCUT2D eigenvalue weighted by molar-refractivity contribution is 0.519. The molecule has 3 aromatic rings. The number of pyridine rings is 1. The van der Waals surface area contributed by atoms with Crippen LogP contribution in [0.3, 0.4) is 0 Å². The molecular weight excluding hydrogens is 202 g/mol. The van der Waals surface area contributed by atoms with Gasteiger partial charge in [-0.1, -0.05) is 6.07 Å². The molecule has 0 atom stereocenters.